The first-order chi connectivity index (χ1) is 9.09. The minimum Gasteiger partial charge on any atom is -0.389 e. The Morgan fingerprint density at radius 3 is 2.63 bits per heavy atom. The van der Waals surface area contributed by atoms with Crippen molar-refractivity contribution in [2.24, 2.45) is 0 Å². The van der Waals surface area contributed by atoms with Gasteiger partial charge in [-0.3, -0.25) is 0 Å². The summed E-state index contributed by atoms with van der Waals surface area (Å²) in [6.45, 7) is 2.65. The molecule has 1 aliphatic carbocycles. The van der Waals surface area contributed by atoms with Crippen LogP contribution in [0.2, 0.25) is 0 Å². The van der Waals surface area contributed by atoms with Crippen molar-refractivity contribution in [3.05, 3.63) is 35.6 Å². The van der Waals surface area contributed by atoms with Crippen molar-refractivity contribution in [1.82, 2.24) is 5.32 Å². The third-order valence-electron chi connectivity index (χ3n) is 4.05. The summed E-state index contributed by atoms with van der Waals surface area (Å²) in [4.78, 5) is 0. The zero-order chi connectivity index (χ0) is 13.7. The molecule has 1 saturated carbocycles. The fourth-order valence-corrected chi connectivity index (χ4v) is 2.82. The Bertz CT molecular complexity index is 401. The highest BCUT2D eigenvalue weighted by atomic mass is 19.1. The number of halogens is 1. The molecule has 19 heavy (non-hydrogen) atoms. The van der Waals surface area contributed by atoms with E-state index in [0.29, 0.717) is 13.0 Å². The summed E-state index contributed by atoms with van der Waals surface area (Å²) < 4.78 is 13.5. The van der Waals surface area contributed by atoms with Gasteiger partial charge in [0.15, 0.2) is 0 Å². The van der Waals surface area contributed by atoms with Crippen molar-refractivity contribution in [2.75, 3.05) is 6.54 Å². The average molecular weight is 265 g/mol. The lowest BCUT2D eigenvalue weighted by atomic mass is 9.84. The summed E-state index contributed by atoms with van der Waals surface area (Å²) in [5.74, 6) is -0.146. The molecule has 0 bridgehead atoms. The summed E-state index contributed by atoms with van der Waals surface area (Å²) in [6, 6.07) is 7.06. The molecule has 0 aromatic heterocycles. The lowest BCUT2D eigenvalue weighted by molar-refractivity contribution is 0.00305. The van der Waals surface area contributed by atoms with Crippen LogP contribution in [0.1, 0.15) is 44.6 Å². The Morgan fingerprint density at radius 1 is 1.26 bits per heavy atom. The Balaban J connectivity index is 1.81. The first-order valence-electron chi connectivity index (χ1n) is 7.28. The Labute approximate surface area is 115 Å². The highest BCUT2D eigenvalue weighted by Crippen LogP contribution is 2.27. The van der Waals surface area contributed by atoms with E-state index in [-0.39, 0.29) is 11.9 Å². The van der Waals surface area contributed by atoms with Gasteiger partial charge in [0, 0.05) is 12.6 Å². The molecular formula is C16H24FNO. The van der Waals surface area contributed by atoms with E-state index < -0.39 is 5.60 Å². The molecule has 0 radical (unpaired) electrons. The summed E-state index contributed by atoms with van der Waals surface area (Å²) >= 11 is 0. The fourth-order valence-electron chi connectivity index (χ4n) is 2.82. The maximum atomic E-state index is 13.5. The van der Waals surface area contributed by atoms with Crippen LogP contribution in [-0.4, -0.2) is 23.3 Å². The molecule has 106 valence electrons. The topological polar surface area (TPSA) is 32.3 Å². The molecule has 2 nitrogen and oxygen atoms in total. The van der Waals surface area contributed by atoms with E-state index in [2.05, 4.69) is 5.32 Å². The molecule has 0 aliphatic heterocycles. The lowest BCUT2D eigenvalue weighted by Crippen LogP contribution is -2.45. The van der Waals surface area contributed by atoms with Gasteiger partial charge in [-0.05, 0) is 37.8 Å². The van der Waals surface area contributed by atoms with Gasteiger partial charge < -0.3 is 10.4 Å². The maximum absolute atomic E-state index is 13.5. The van der Waals surface area contributed by atoms with Gasteiger partial charge >= 0.3 is 0 Å². The third-order valence-corrected chi connectivity index (χ3v) is 4.05. The van der Waals surface area contributed by atoms with E-state index in [4.69, 9.17) is 0 Å². The predicted octanol–water partition coefficient (Wildman–Crippen LogP) is 3.04. The highest BCUT2D eigenvalue weighted by molar-refractivity contribution is 5.18. The standard InChI is InChI=1S/C16H24FNO/c1-13(11-14-7-3-4-8-15(14)17)18-12-16(19)9-5-2-6-10-16/h3-4,7-8,13,18-19H,2,5-6,9-12H2,1H3. The van der Waals surface area contributed by atoms with Gasteiger partial charge in [-0.2, -0.15) is 0 Å². The zero-order valence-electron chi connectivity index (χ0n) is 11.7. The molecule has 3 heteroatoms. The lowest BCUT2D eigenvalue weighted by Gasteiger charge is -2.33. The Kier molecular flexibility index (Phi) is 4.94. The monoisotopic (exact) mass is 265 g/mol. The van der Waals surface area contributed by atoms with Crippen LogP contribution in [0.15, 0.2) is 24.3 Å². The van der Waals surface area contributed by atoms with Crippen LogP contribution in [0, 0.1) is 5.82 Å². The molecule has 1 unspecified atom stereocenters. The quantitative estimate of drug-likeness (QED) is 0.857. The molecule has 1 aliphatic rings. The van der Waals surface area contributed by atoms with Crippen LogP contribution in [0.4, 0.5) is 4.39 Å². The van der Waals surface area contributed by atoms with Crippen LogP contribution in [0.25, 0.3) is 0 Å². The largest absolute Gasteiger partial charge is 0.389 e. The molecule has 0 saturated heterocycles. The van der Waals surface area contributed by atoms with Crippen LogP contribution in [-0.2, 0) is 6.42 Å². The van der Waals surface area contributed by atoms with Crippen molar-refractivity contribution >= 4 is 0 Å². The number of aliphatic hydroxyl groups is 1. The summed E-state index contributed by atoms with van der Waals surface area (Å²) in [5, 5.41) is 13.8. The highest BCUT2D eigenvalue weighted by Gasteiger charge is 2.29. The van der Waals surface area contributed by atoms with Gasteiger partial charge in [-0.25, -0.2) is 4.39 Å². The van der Waals surface area contributed by atoms with E-state index in [1.54, 1.807) is 6.07 Å². The van der Waals surface area contributed by atoms with Gasteiger partial charge in [-0.15, -0.1) is 0 Å². The molecule has 0 heterocycles. The molecule has 1 fully saturated rings. The van der Waals surface area contributed by atoms with E-state index in [1.165, 1.54) is 12.5 Å². The maximum Gasteiger partial charge on any atom is 0.126 e. The van der Waals surface area contributed by atoms with Gasteiger partial charge in [0.1, 0.15) is 5.82 Å². The molecule has 2 rings (SSSR count). The first kappa shape index (κ1) is 14.5. The molecule has 2 N–H and O–H groups in total. The van der Waals surface area contributed by atoms with Crippen molar-refractivity contribution in [1.29, 1.82) is 0 Å². The van der Waals surface area contributed by atoms with Crippen LogP contribution >= 0.6 is 0 Å². The van der Waals surface area contributed by atoms with E-state index in [9.17, 15) is 9.50 Å². The van der Waals surface area contributed by atoms with Crippen molar-refractivity contribution < 1.29 is 9.50 Å². The van der Waals surface area contributed by atoms with Crippen LogP contribution in [0.5, 0.6) is 0 Å². The number of benzene rings is 1. The molecule has 0 amide bonds. The first-order valence-corrected chi connectivity index (χ1v) is 7.28. The van der Waals surface area contributed by atoms with Crippen LogP contribution in [0.3, 0.4) is 0 Å². The minimum atomic E-state index is -0.554. The zero-order valence-corrected chi connectivity index (χ0v) is 11.7. The molecular weight excluding hydrogens is 241 g/mol. The molecule has 1 atom stereocenters. The van der Waals surface area contributed by atoms with Crippen molar-refractivity contribution in [3.8, 4) is 0 Å². The summed E-state index contributed by atoms with van der Waals surface area (Å²) in [6.07, 6.45) is 5.87. The third kappa shape index (κ3) is 4.29. The summed E-state index contributed by atoms with van der Waals surface area (Å²) in [5.41, 5.74) is 0.181. The molecule has 1 aromatic carbocycles. The SMILES string of the molecule is CC(Cc1ccccc1F)NCC1(O)CCCCC1. The van der Waals surface area contributed by atoms with Gasteiger partial charge in [-0.1, -0.05) is 37.5 Å². The van der Waals surface area contributed by atoms with E-state index in [0.717, 1.165) is 31.2 Å². The van der Waals surface area contributed by atoms with Crippen LogP contribution < -0.4 is 5.32 Å². The van der Waals surface area contributed by atoms with Gasteiger partial charge in [0.25, 0.3) is 0 Å². The number of hydrogen-bond donors (Lipinski definition) is 2. The number of nitrogens with one attached hydrogen (secondary N) is 1. The Hall–Kier alpha value is -0.930. The Morgan fingerprint density at radius 2 is 1.95 bits per heavy atom. The van der Waals surface area contributed by atoms with E-state index >= 15 is 0 Å². The smallest absolute Gasteiger partial charge is 0.126 e. The number of rotatable bonds is 5. The molecule has 1 aromatic rings. The van der Waals surface area contributed by atoms with E-state index in [1.807, 2.05) is 19.1 Å². The second-order valence-corrected chi connectivity index (χ2v) is 5.86. The van der Waals surface area contributed by atoms with Crippen molar-refractivity contribution in [3.63, 3.8) is 0 Å². The molecule has 0 spiro atoms. The normalized spacial score (nSPS) is 20.2. The van der Waals surface area contributed by atoms with Crippen molar-refractivity contribution in [2.45, 2.75) is 57.1 Å². The second kappa shape index (κ2) is 6.49. The number of hydrogen-bond acceptors (Lipinski definition) is 2. The van der Waals surface area contributed by atoms with Gasteiger partial charge in [0.2, 0.25) is 0 Å². The fraction of sp³-hybridized carbons (Fsp3) is 0.625. The minimum absolute atomic E-state index is 0.146. The second-order valence-electron chi connectivity index (χ2n) is 5.86. The predicted molar refractivity (Wildman–Crippen MR) is 75.6 cm³/mol. The van der Waals surface area contributed by atoms with Gasteiger partial charge in [0.05, 0.1) is 5.60 Å². The summed E-state index contributed by atoms with van der Waals surface area (Å²) in [7, 11) is 0. The average Bonchev–Trinajstić information content (AvgIpc) is 2.40.